The van der Waals surface area contributed by atoms with E-state index < -0.39 is 9.84 Å². The highest BCUT2D eigenvalue weighted by molar-refractivity contribution is 14.1. The van der Waals surface area contributed by atoms with E-state index in [2.05, 4.69) is 5.32 Å². The zero-order chi connectivity index (χ0) is 12.9. The first-order valence-electron chi connectivity index (χ1n) is 4.82. The van der Waals surface area contributed by atoms with Crippen LogP contribution in [0.15, 0.2) is 44.2 Å². The fourth-order valence-corrected chi connectivity index (χ4v) is 3.38. The number of rotatable bonds is 4. The number of nitrogens with one attached hydrogen (secondary N) is 1. The Morgan fingerprint density at radius 3 is 2.47 bits per heavy atom. The molecule has 1 aromatic rings. The number of halogens is 1. The monoisotopic (exact) mass is 365 g/mol. The number of hydrogen-bond acceptors (Lipinski definition) is 3. The first kappa shape index (κ1) is 14.2. The Morgan fingerprint density at radius 1 is 1.35 bits per heavy atom. The summed E-state index contributed by atoms with van der Waals surface area (Å²) in [6.07, 6.45) is 0. The van der Waals surface area contributed by atoms with Gasteiger partial charge in [-0.05, 0) is 34.7 Å². The van der Waals surface area contributed by atoms with E-state index in [-0.39, 0.29) is 17.3 Å². The molecule has 0 aliphatic heterocycles. The van der Waals surface area contributed by atoms with Crippen LogP contribution in [0, 0.1) is 0 Å². The standard InChI is InChI=1S/C11H12INO3S/c1-9(14)13-7-10(12)8-17(15,16)11-5-3-2-4-6-11/h2-6,8H,7H2,1H3,(H,13,14)/b10-8+. The van der Waals surface area contributed by atoms with Crippen molar-refractivity contribution >= 4 is 38.3 Å². The van der Waals surface area contributed by atoms with Crippen molar-refractivity contribution < 1.29 is 13.2 Å². The molecular weight excluding hydrogens is 353 g/mol. The third-order valence-electron chi connectivity index (χ3n) is 1.86. The molecule has 0 bridgehead atoms. The molecule has 0 fully saturated rings. The second-order valence-electron chi connectivity index (χ2n) is 3.33. The number of benzene rings is 1. The Morgan fingerprint density at radius 2 is 1.94 bits per heavy atom. The summed E-state index contributed by atoms with van der Waals surface area (Å²) in [5, 5.41) is 3.71. The molecule has 0 unspecified atom stereocenters. The van der Waals surface area contributed by atoms with Crippen LogP contribution in [-0.2, 0) is 14.6 Å². The third kappa shape index (κ3) is 4.86. The average Bonchev–Trinajstić information content (AvgIpc) is 2.27. The van der Waals surface area contributed by atoms with E-state index in [0.717, 1.165) is 0 Å². The molecule has 0 aliphatic carbocycles. The Hall–Kier alpha value is -0.890. The van der Waals surface area contributed by atoms with E-state index >= 15 is 0 Å². The lowest BCUT2D eigenvalue weighted by atomic mass is 10.4. The molecule has 0 aromatic heterocycles. The molecule has 0 saturated carbocycles. The molecule has 0 atom stereocenters. The van der Waals surface area contributed by atoms with Crippen molar-refractivity contribution in [2.24, 2.45) is 0 Å². The molecule has 0 spiro atoms. The Bertz CT molecular complexity index is 523. The minimum Gasteiger partial charge on any atom is -0.352 e. The average molecular weight is 365 g/mol. The number of hydrogen-bond donors (Lipinski definition) is 1. The minimum absolute atomic E-state index is 0.190. The second-order valence-corrected chi connectivity index (χ2v) is 6.52. The van der Waals surface area contributed by atoms with Crippen molar-refractivity contribution in [3.8, 4) is 0 Å². The Kier molecular flexibility index (Phi) is 5.13. The van der Waals surface area contributed by atoms with Crippen LogP contribution in [0.25, 0.3) is 0 Å². The van der Waals surface area contributed by atoms with Crippen molar-refractivity contribution in [3.63, 3.8) is 0 Å². The molecule has 0 aliphatic rings. The highest BCUT2D eigenvalue weighted by Crippen LogP contribution is 2.15. The predicted octanol–water partition coefficient (Wildman–Crippen LogP) is 1.87. The smallest absolute Gasteiger partial charge is 0.217 e. The van der Waals surface area contributed by atoms with Gasteiger partial charge in [-0.25, -0.2) is 8.42 Å². The van der Waals surface area contributed by atoms with Crippen LogP contribution < -0.4 is 5.32 Å². The molecule has 1 N–H and O–H groups in total. The summed E-state index contributed by atoms with van der Waals surface area (Å²) in [4.78, 5) is 10.9. The van der Waals surface area contributed by atoms with Crippen LogP contribution in [0.2, 0.25) is 0 Å². The fraction of sp³-hybridized carbons (Fsp3) is 0.182. The van der Waals surface area contributed by atoms with E-state index in [0.29, 0.717) is 3.58 Å². The number of carbonyl (C=O) groups is 1. The molecule has 1 rings (SSSR count). The lowest BCUT2D eigenvalue weighted by Crippen LogP contribution is -2.21. The number of carbonyl (C=O) groups excluding carboxylic acids is 1. The van der Waals surface area contributed by atoms with Crippen molar-refractivity contribution in [1.82, 2.24) is 5.32 Å². The van der Waals surface area contributed by atoms with Gasteiger partial charge in [-0.1, -0.05) is 18.2 Å². The van der Waals surface area contributed by atoms with Crippen LogP contribution in [0.5, 0.6) is 0 Å². The molecule has 1 aromatic carbocycles. The van der Waals surface area contributed by atoms with Crippen LogP contribution in [0.3, 0.4) is 0 Å². The highest BCUT2D eigenvalue weighted by atomic mass is 127. The van der Waals surface area contributed by atoms with Crippen molar-refractivity contribution in [1.29, 1.82) is 0 Å². The van der Waals surface area contributed by atoms with Gasteiger partial charge in [-0.3, -0.25) is 4.79 Å². The molecule has 1 amide bonds. The number of sulfone groups is 1. The SMILES string of the molecule is CC(=O)NC/C(I)=C\S(=O)(=O)c1ccccc1. The zero-order valence-electron chi connectivity index (χ0n) is 9.18. The molecule has 92 valence electrons. The van der Waals surface area contributed by atoms with Crippen molar-refractivity contribution in [2.45, 2.75) is 11.8 Å². The quantitative estimate of drug-likeness (QED) is 0.829. The largest absolute Gasteiger partial charge is 0.352 e. The summed E-state index contributed by atoms with van der Waals surface area (Å²) in [6, 6.07) is 8.16. The molecule has 4 nitrogen and oxygen atoms in total. The molecule has 0 saturated heterocycles. The summed E-state index contributed by atoms with van der Waals surface area (Å²) in [6.45, 7) is 1.61. The van der Waals surface area contributed by atoms with Gasteiger partial charge in [-0.15, -0.1) is 0 Å². The maximum absolute atomic E-state index is 11.9. The summed E-state index contributed by atoms with van der Waals surface area (Å²) >= 11 is 1.89. The normalized spacial score (nSPS) is 12.2. The summed E-state index contributed by atoms with van der Waals surface area (Å²) < 4.78 is 24.3. The van der Waals surface area contributed by atoms with E-state index in [1.54, 1.807) is 18.2 Å². The maximum Gasteiger partial charge on any atom is 0.217 e. The van der Waals surface area contributed by atoms with E-state index in [4.69, 9.17) is 0 Å². The first-order chi connectivity index (χ1) is 7.92. The molecular formula is C11H12INO3S. The van der Waals surface area contributed by atoms with E-state index in [9.17, 15) is 13.2 Å². The van der Waals surface area contributed by atoms with Gasteiger partial charge in [0.1, 0.15) is 0 Å². The summed E-state index contributed by atoms with van der Waals surface area (Å²) in [7, 11) is -3.43. The molecule has 17 heavy (non-hydrogen) atoms. The van der Waals surface area contributed by atoms with E-state index in [1.807, 2.05) is 22.6 Å². The lowest BCUT2D eigenvalue weighted by Gasteiger charge is -2.02. The molecule has 0 radical (unpaired) electrons. The number of amides is 1. The van der Waals surface area contributed by atoms with Gasteiger partial charge in [0.25, 0.3) is 0 Å². The summed E-state index contributed by atoms with van der Waals surface area (Å²) in [5.74, 6) is -0.190. The Labute approximate surface area is 114 Å². The third-order valence-corrected chi connectivity index (χ3v) is 4.50. The summed E-state index contributed by atoms with van der Waals surface area (Å²) in [5.41, 5.74) is 0. The van der Waals surface area contributed by atoms with Crippen LogP contribution in [0.4, 0.5) is 0 Å². The van der Waals surface area contributed by atoms with E-state index in [1.165, 1.54) is 24.5 Å². The zero-order valence-corrected chi connectivity index (χ0v) is 12.2. The van der Waals surface area contributed by atoms with Gasteiger partial charge in [-0.2, -0.15) is 0 Å². The topological polar surface area (TPSA) is 63.2 Å². The maximum atomic E-state index is 11.9. The van der Waals surface area contributed by atoms with Gasteiger partial charge in [0, 0.05) is 22.5 Å². The van der Waals surface area contributed by atoms with Crippen LogP contribution in [0.1, 0.15) is 6.92 Å². The predicted molar refractivity (Wildman–Crippen MR) is 74.4 cm³/mol. The molecule has 6 heteroatoms. The van der Waals surface area contributed by atoms with Crippen molar-refractivity contribution in [2.75, 3.05) is 6.54 Å². The highest BCUT2D eigenvalue weighted by Gasteiger charge is 2.11. The van der Waals surface area contributed by atoms with Gasteiger partial charge in [0.2, 0.25) is 15.7 Å². The second kappa shape index (κ2) is 6.15. The van der Waals surface area contributed by atoms with Crippen molar-refractivity contribution in [3.05, 3.63) is 39.3 Å². The first-order valence-corrected chi connectivity index (χ1v) is 7.45. The van der Waals surface area contributed by atoms with Gasteiger partial charge < -0.3 is 5.32 Å². The lowest BCUT2D eigenvalue weighted by molar-refractivity contribution is -0.118. The van der Waals surface area contributed by atoms with Gasteiger partial charge in [0.05, 0.1) is 4.90 Å². The van der Waals surface area contributed by atoms with Gasteiger partial charge >= 0.3 is 0 Å². The van der Waals surface area contributed by atoms with Crippen LogP contribution >= 0.6 is 22.6 Å². The minimum atomic E-state index is -3.43. The van der Waals surface area contributed by atoms with Gasteiger partial charge in [0.15, 0.2) is 0 Å². The Balaban J connectivity index is 2.86. The molecule has 0 heterocycles. The van der Waals surface area contributed by atoms with Crippen LogP contribution in [-0.4, -0.2) is 20.9 Å². The fourth-order valence-electron chi connectivity index (χ4n) is 1.10.